The van der Waals surface area contributed by atoms with E-state index in [0.717, 1.165) is 18.5 Å². The number of Topliss-reactive ketones (excluding diaryl/α,β-unsaturated/α-hetero) is 1. The molecule has 0 aromatic carbocycles. The number of ketones is 1. The highest BCUT2D eigenvalue weighted by Gasteiger charge is 2.32. The van der Waals surface area contributed by atoms with Crippen molar-refractivity contribution in [1.82, 2.24) is 14.7 Å². The van der Waals surface area contributed by atoms with Crippen molar-refractivity contribution in [1.29, 1.82) is 0 Å². The summed E-state index contributed by atoms with van der Waals surface area (Å²) < 4.78 is 1.83. The van der Waals surface area contributed by atoms with Crippen LogP contribution in [0.5, 0.6) is 0 Å². The van der Waals surface area contributed by atoms with Gasteiger partial charge in [-0.15, -0.1) is 0 Å². The van der Waals surface area contributed by atoms with Crippen molar-refractivity contribution in [3.63, 3.8) is 0 Å². The van der Waals surface area contributed by atoms with Crippen LogP contribution < -0.4 is 0 Å². The van der Waals surface area contributed by atoms with Gasteiger partial charge in [0.1, 0.15) is 0 Å². The SMILES string of the molecule is CCC(C)(C(=O)CCc1ccnn1C)N(C)C. The lowest BCUT2D eigenvalue weighted by atomic mass is 9.89. The minimum atomic E-state index is -0.349. The average Bonchev–Trinajstić information content (AvgIpc) is 2.70. The Kier molecular flexibility index (Phi) is 4.46. The van der Waals surface area contributed by atoms with E-state index in [1.165, 1.54) is 0 Å². The zero-order chi connectivity index (χ0) is 13.1. The molecule has 1 atom stereocenters. The van der Waals surface area contributed by atoms with Crippen LogP contribution in [0.1, 0.15) is 32.4 Å². The molecule has 0 saturated carbocycles. The van der Waals surface area contributed by atoms with Gasteiger partial charge in [-0.1, -0.05) is 6.92 Å². The zero-order valence-electron chi connectivity index (χ0n) is 11.5. The van der Waals surface area contributed by atoms with Gasteiger partial charge in [0.2, 0.25) is 0 Å². The molecule has 4 heteroatoms. The minimum absolute atomic E-state index is 0.297. The van der Waals surface area contributed by atoms with Gasteiger partial charge >= 0.3 is 0 Å². The molecule has 1 rings (SSSR count). The van der Waals surface area contributed by atoms with Gasteiger partial charge in [0, 0.05) is 25.4 Å². The number of likely N-dealkylation sites (N-methyl/N-ethyl adjacent to an activating group) is 1. The summed E-state index contributed by atoms with van der Waals surface area (Å²) >= 11 is 0. The summed E-state index contributed by atoms with van der Waals surface area (Å²) in [7, 11) is 5.84. The summed E-state index contributed by atoms with van der Waals surface area (Å²) in [5.41, 5.74) is 0.758. The average molecular weight is 237 g/mol. The third kappa shape index (κ3) is 2.94. The fourth-order valence-electron chi connectivity index (χ4n) is 1.92. The Labute approximate surface area is 104 Å². The molecule has 0 bridgehead atoms. The maximum Gasteiger partial charge on any atom is 0.153 e. The van der Waals surface area contributed by atoms with Gasteiger partial charge in [-0.25, -0.2) is 0 Å². The summed E-state index contributed by atoms with van der Waals surface area (Å²) in [5, 5.41) is 4.11. The molecule has 1 aromatic heterocycles. The molecule has 17 heavy (non-hydrogen) atoms. The van der Waals surface area contributed by atoms with Crippen molar-refractivity contribution >= 4 is 5.78 Å². The first-order chi connectivity index (χ1) is 7.91. The molecule has 0 aliphatic carbocycles. The summed E-state index contributed by atoms with van der Waals surface area (Å²) in [6.07, 6.45) is 3.94. The second-order valence-electron chi connectivity index (χ2n) is 4.89. The summed E-state index contributed by atoms with van der Waals surface area (Å²) in [4.78, 5) is 14.3. The van der Waals surface area contributed by atoms with Crippen LogP contribution in [0.25, 0.3) is 0 Å². The summed E-state index contributed by atoms with van der Waals surface area (Å²) in [6, 6.07) is 1.96. The van der Waals surface area contributed by atoms with Crippen LogP contribution >= 0.6 is 0 Å². The van der Waals surface area contributed by atoms with E-state index in [2.05, 4.69) is 12.0 Å². The molecule has 1 aromatic rings. The van der Waals surface area contributed by atoms with Crippen LogP contribution in [0, 0.1) is 0 Å². The van der Waals surface area contributed by atoms with Gasteiger partial charge in [0.25, 0.3) is 0 Å². The molecular weight excluding hydrogens is 214 g/mol. The lowest BCUT2D eigenvalue weighted by Gasteiger charge is -2.34. The Morgan fingerprint density at radius 1 is 1.53 bits per heavy atom. The van der Waals surface area contributed by atoms with Crippen molar-refractivity contribution in [3.05, 3.63) is 18.0 Å². The monoisotopic (exact) mass is 237 g/mol. The van der Waals surface area contributed by atoms with Crippen molar-refractivity contribution in [2.24, 2.45) is 7.05 Å². The first-order valence-electron chi connectivity index (χ1n) is 6.09. The Hall–Kier alpha value is -1.16. The van der Waals surface area contributed by atoms with Crippen LogP contribution in [0.15, 0.2) is 12.3 Å². The standard InChI is InChI=1S/C13H23N3O/c1-6-13(2,15(3)4)12(17)8-7-11-9-10-14-16(11)5/h9-10H,6-8H2,1-5H3. The van der Waals surface area contributed by atoms with Gasteiger partial charge in [-0.2, -0.15) is 5.10 Å². The van der Waals surface area contributed by atoms with Crippen LogP contribution in [-0.4, -0.2) is 40.1 Å². The fourth-order valence-corrected chi connectivity index (χ4v) is 1.92. The van der Waals surface area contributed by atoms with Gasteiger partial charge in [0.15, 0.2) is 5.78 Å². The maximum absolute atomic E-state index is 12.3. The predicted molar refractivity (Wildman–Crippen MR) is 68.9 cm³/mol. The number of nitrogens with zero attached hydrogens (tertiary/aromatic N) is 3. The van der Waals surface area contributed by atoms with Crippen molar-refractivity contribution in [2.45, 2.75) is 38.6 Å². The molecule has 0 N–H and O–H groups in total. The lowest BCUT2D eigenvalue weighted by molar-refractivity contribution is -0.129. The van der Waals surface area contributed by atoms with E-state index in [1.54, 1.807) is 6.20 Å². The van der Waals surface area contributed by atoms with E-state index in [4.69, 9.17) is 0 Å². The maximum atomic E-state index is 12.3. The first-order valence-corrected chi connectivity index (χ1v) is 6.09. The molecule has 0 saturated heterocycles. The fraction of sp³-hybridized carbons (Fsp3) is 0.692. The van der Waals surface area contributed by atoms with E-state index in [0.29, 0.717) is 12.2 Å². The number of hydrogen-bond acceptors (Lipinski definition) is 3. The Morgan fingerprint density at radius 3 is 2.59 bits per heavy atom. The smallest absolute Gasteiger partial charge is 0.153 e. The van der Waals surface area contributed by atoms with E-state index >= 15 is 0 Å². The minimum Gasteiger partial charge on any atom is -0.298 e. The van der Waals surface area contributed by atoms with Crippen molar-refractivity contribution in [3.8, 4) is 0 Å². The summed E-state index contributed by atoms with van der Waals surface area (Å²) in [5.74, 6) is 0.297. The summed E-state index contributed by atoms with van der Waals surface area (Å²) in [6.45, 7) is 4.07. The Balaban J connectivity index is 2.64. The van der Waals surface area contributed by atoms with E-state index < -0.39 is 0 Å². The van der Waals surface area contributed by atoms with Crippen LogP contribution in [0.4, 0.5) is 0 Å². The molecular formula is C13H23N3O. The third-order valence-corrected chi connectivity index (χ3v) is 3.81. The van der Waals surface area contributed by atoms with E-state index in [-0.39, 0.29) is 5.54 Å². The molecule has 96 valence electrons. The topological polar surface area (TPSA) is 38.1 Å². The van der Waals surface area contributed by atoms with Crippen molar-refractivity contribution < 1.29 is 4.79 Å². The molecule has 4 nitrogen and oxygen atoms in total. The third-order valence-electron chi connectivity index (χ3n) is 3.81. The second-order valence-corrected chi connectivity index (χ2v) is 4.89. The van der Waals surface area contributed by atoms with Gasteiger partial charge in [-0.3, -0.25) is 14.4 Å². The van der Waals surface area contributed by atoms with Crippen LogP contribution in [0.2, 0.25) is 0 Å². The number of hydrogen-bond donors (Lipinski definition) is 0. The molecule has 0 amide bonds. The number of rotatable bonds is 6. The number of carbonyl (C=O) groups is 1. The number of carbonyl (C=O) groups excluding carboxylic acids is 1. The molecule has 0 aliphatic rings. The van der Waals surface area contributed by atoms with E-state index in [1.807, 2.05) is 43.7 Å². The predicted octanol–water partition coefficient (Wildman–Crippen LogP) is 1.65. The van der Waals surface area contributed by atoms with Gasteiger partial charge in [-0.05, 0) is 39.9 Å². The lowest BCUT2D eigenvalue weighted by Crippen LogP contribution is -2.48. The highest BCUT2D eigenvalue weighted by Crippen LogP contribution is 2.20. The zero-order valence-corrected chi connectivity index (χ0v) is 11.5. The molecule has 0 fully saturated rings. The largest absolute Gasteiger partial charge is 0.298 e. The Morgan fingerprint density at radius 2 is 2.18 bits per heavy atom. The molecule has 1 heterocycles. The number of aromatic nitrogens is 2. The molecule has 0 radical (unpaired) electrons. The highest BCUT2D eigenvalue weighted by molar-refractivity contribution is 5.88. The highest BCUT2D eigenvalue weighted by atomic mass is 16.1. The second kappa shape index (κ2) is 5.45. The van der Waals surface area contributed by atoms with Gasteiger partial charge < -0.3 is 0 Å². The van der Waals surface area contributed by atoms with Gasteiger partial charge in [0.05, 0.1) is 5.54 Å². The number of aryl methyl sites for hydroxylation is 2. The van der Waals surface area contributed by atoms with Crippen LogP contribution in [0.3, 0.4) is 0 Å². The quantitative estimate of drug-likeness (QED) is 0.755. The molecule has 0 aliphatic heterocycles. The first kappa shape index (κ1) is 13.9. The Bertz CT molecular complexity index is 384. The molecule has 0 spiro atoms. The van der Waals surface area contributed by atoms with Crippen LogP contribution in [-0.2, 0) is 18.3 Å². The normalized spacial score (nSPS) is 14.9. The van der Waals surface area contributed by atoms with E-state index in [9.17, 15) is 4.79 Å². The molecule has 1 unspecified atom stereocenters. The van der Waals surface area contributed by atoms with Crippen molar-refractivity contribution in [2.75, 3.05) is 14.1 Å².